The first-order valence-electron chi connectivity index (χ1n) is 16.7. The Bertz CT molecular complexity index is 1500. The average molecular weight is 656 g/mol. The molecule has 5 fully saturated rings. The summed E-state index contributed by atoms with van der Waals surface area (Å²) in [6, 6.07) is 6.47. The SMILES string of the molecule is C[C@H]1[C@H](OC(=O)CCC(=O)NCCCC(=O)N[C@@H](Cc2c[nH]c3ccccc23)C(=O)O)O[C@H]2O[C@]3(C)CC[C@H]4[C@H](C)CC[C@@H]1[C@@]24OO3. The van der Waals surface area contributed by atoms with Gasteiger partial charge in [0.1, 0.15) is 6.04 Å². The molecule has 2 aromatic rings. The molecule has 13 nitrogen and oxygen atoms in total. The fourth-order valence-corrected chi connectivity index (χ4v) is 7.96. The molecule has 5 aliphatic rings. The number of aromatic amines is 1. The van der Waals surface area contributed by atoms with Gasteiger partial charge in [0, 0.05) is 61.2 Å². The zero-order valence-electron chi connectivity index (χ0n) is 27.1. The molecule has 5 heterocycles. The molecule has 1 aromatic heterocycles. The third-order valence-corrected chi connectivity index (χ3v) is 10.5. The number of aromatic nitrogens is 1. The van der Waals surface area contributed by atoms with Gasteiger partial charge in [0.05, 0.1) is 6.42 Å². The number of nitrogens with one attached hydrogen (secondary N) is 3. The van der Waals surface area contributed by atoms with Crippen molar-refractivity contribution in [3.63, 3.8) is 0 Å². The van der Waals surface area contributed by atoms with E-state index in [0.717, 1.165) is 35.7 Å². The number of hydrogen-bond acceptors (Lipinski definition) is 9. The molecule has 2 amide bonds. The lowest BCUT2D eigenvalue weighted by Gasteiger charge is -2.59. The number of H-pyrrole nitrogens is 1. The molecule has 0 radical (unpaired) electrons. The van der Waals surface area contributed by atoms with Crippen LogP contribution in [-0.4, -0.2) is 70.4 Å². The van der Waals surface area contributed by atoms with Crippen LogP contribution >= 0.6 is 0 Å². The van der Waals surface area contributed by atoms with Crippen LogP contribution in [-0.2, 0) is 49.6 Å². The van der Waals surface area contributed by atoms with Crippen LogP contribution in [0.1, 0.15) is 77.7 Å². The van der Waals surface area contributed by atoms with E-state index in [9.17, 15) is 24.3 Å². The predicted octanol–water partition coefficient (Wildman–Crippen LogP) is 3.71. The maximum atomic E-state index is 12.8. The number of fused-ring (bicyclic) bond motifs is 3. The van der Waals surface area contributed by atoms with Crippen LogP contribution in [0.15, 0.2) is 30.5 Å². The van der Waals surface area contributed by atoms with Crippen molar-refractivity contribution in [2.45, 2.75) is 109 Å². The molecule has 1 aromatic carbocycles. The van der Waals surface area contributed by atoms with E-state index in [4.69, 9.17) is 24.0 Å². The number of rotatable bonds is 12. The van der Waals surface area contributed by atoms with Crippen LogP contribution in [0.3, 0.4) is 0 Å². The summed E-state index contributed by atoms with van der Waals surface area (Å²) in [4.78, 5) is 64.6. The van der Waals surface area contributed by atoms with E-state index in [1.54, 1.807) is 6.20 Å². The molecule has 9 atom stereocenters. The molecule has 4 N–H and O–H groups in total. The lowest BCUT2D eigenvalue weighted by molar-refractivity contribution is -0.576. The van der Waals surface area contributed by atoms with Crippen LogP contribution in [0, 0.1) is 23.7 Å². The van der Waals surface area contributed by atoms with Crippen molar-refractivity contribution in [1.82, 2.24) is 15.6 Å². The first-order valence-corrected chi connectivity index (χ1v) is 16.7. The Labute approximate surface area is 273 Å². The highest BCUT2D eigenvalue weighted by Crippen LogP contribution is 2.60. The van der Waals surface area contributed by atoms with Gasteiger partial charge in [-0.25, -0.2) is 14.6 Å². The Morgan fingerprint density at radius 2 is 1.85 bits per heavy atom. The second kappa shape index (κ2) is 13.5. The van der Waals surface area contributed by atoms with Gasteiger partial charge in [-0.1, -0.05) is 32.0 Å². The molecule has 4 saturated heterocycles. The number of amides is 2. The average Bonchev–Trinajstić information content (AvgIpc) is 3.31. The summed E-state index contributed by atoms with van der Waals surface area (Å²) in [5.41, 5.74) is 0.940. The Morgan fingerprint density at radius 1 is 1.04 bits per heavy atom. The second-order valence-corrected chi connectivity index (χ2v) is 13.7. The zero-order valence-corrected chi connectivity index (χ0v) is 27.1. The summed E-state index contributed by atoms with van der Waals surface area (Å²) in [7, 11) is 0. The van der Waals surface area contributed by atoms with Gasteiger partial charge in [-0.2, -0.15) is 0 Å². The van der Waals surface area contributed by atoms with Crippen LogP contribution in [0.25, 0.3) is 10.9 Å². The summed E-state index contributed by atoms with van der Waals surface area (Å²) >= 11 is 0. The van der Waals surface area contributed by atoms with Gasteiger partial charge >= 0.3 is 11.9 Å². The number of hydrogen-bond donors (Lipinski definition) is 4. The van der Waals surface area contributed by atoms with E-state index in [1.807, 2.05) is 38.1 Å². The zero-order chi connectivity index (χ0) is 33.3. The van der Waals surface area contributed by atoms with Gasteiger partial charge in [-0.15, -0.1) is 0 Å². The Hall–Kier alpha value is -3.52. The lowest BCUT2D eigenvalue weighted by atomic mass is 9.58. The molecule has 1 saturated carbocycles. The number of aliphatic carboxylic acids is 1. The molecule has 1 aliphatic carbocycles. The van der Waals surface area contributed by atoms with E-state index in [0.29, 0.717) is 18.8 Å². The summed E-state index contributed by atoms with van der Waals surface area (Å²) < 4.78 is 18.3. The van der Waals surface area contributed by atoms with E-state index in [-0.39, 0.29) is 55.9 Å². The first-order chi connectivity index (χ1) is 22.5. The van der Waals surface area contributed by atoms with E-state index in [1.165, 1.54) is 0 Å². The van der Waals surface area contributed by atoms with Crippen molar-refractivity contribution in [2.75, 3.05) is 6.54 Å². The monoisotopic (exact) mass is 655 g/mol. The minimum absolute atomic E-state index is 0.0164. The number of carboxylic acid groups (broad SMARTS) is 1. The largest absolute Gasteiger partial charge is 0.480 e. The highest BCUT2D eigenvalue weighted by molar-refractivity contribution is 5.87. The van der Waals surface area contributed by atoms with E-state index in [2.05, 4.69) is 22.5 Å². The minimum Gasteiger partial charge on any atom is -0.480 e. The quantitative estimate of drug-likeness (QED) is 0.150. The molecule has 47 heavy (non-hydrogen) atoms. The Morgan fingerprint density at radius 3 is 2.66 bits per heavy atom. The summed E-state index contributed by atoms with van der Waals surface area (Å²) in [6.45, 7) is 6.26. The van der Waals surface area contributed by atoms with Gasteiger partial charge in [-0.3, -0.25) is 14.4 Å². The highest BCUT2D eigenvalue weighted by atomic mass is 17.3. The number of para-hydroxylation sites is 1. The fraction of sp³-hybridized carbons (Fsp3) is 0.647. The molecule has 0 unspecified atom stereocenters. The van der Waals surface area contributed by atoms with Gasteiger partial charge in [0.15, 0.2) is 11.9 Å². The van der Waals surface area contributed by atoms with Crippen molar-refractivity contribution in [2.24, 2.45) is 23.7 Å². The predicted molar refractivity (Wildman–Crippen MR) is 166 cm³/mol. The molecule has 7 rings (SSSR count). The Balaban J connectivity index is 0.922. The maximum Gasteiger partial charge on any atom is 0.326 e. The van der Waals surface area contributed by atoms with E-state index < -0.39 is 47.9 Å². The van der Waals surface area contributed by atoms with Gasteiger partial charge < -0.3 is 34.9 Å². The second-order valence-electron chi connectivity index (χ2n) is 13.7. The smallest absolute Gasteiger partial charge is 0.326 e. The standard InChI is InChI=1S/C34H45N3O10/c1-19-10-11-24-20(2)31(44-32-34(24)23(19)14-15-33(3,45-32)46-47-34)43-29(40)13-12-27(38)35-16-6-9-28(39)37-26(30(41)42)17-21-18-36-25-8-5-4-7-22(21)25/h4-5,7-8,18-20,23-24,26,31-32,36H,6,9-17H2,1-3H3,(H,35,38)(H,37,39)(H,41,42)/t19-,20-,23+,24+,26+,31-,32+,33+,34-/m1/s1. The third kappa shape index (κ3) is 6.76. The van der Waals surface area contributed by atoms with Crippen molar-refractivity contribution in [1.29, 1.82) is 0 Å². The summed E-state index contributed by atoms with van der Waals surface area (Å²) in [5, 5.41) is 15.9. The van der Waals surface area contributed by atoms with Gasteiger partial charge in [-0.05, 0) is 56.1 Å². The number of carbonyl (C=O) groups is 4. The number of carboxylic acids is 1. The molecule has 4 aliphatic heterocycles. The normalized spacial score (nSPS) is 33.3. The third-order valence-electron chi connectivity index (χ3n) is 10.5. The fourth-order valence-electron chi connectivity index (χ4n) is 7.96. The molecule has 1 spiro atoms. The van der Waals surface area contributed by atoms with E-state index >= 15 is 0 Å². The van der Waals surface area contributed by atoms with Crippen molar-refractivity contribution < 1.29 is 48.3 Å². The Kier molecular flexibility index (Phi) is 9.62. The van der Waals surface area contributed by atoms with Crippen LogP contribution in [0.5, 0.6) is 0 Å². The number of ether oxygens (including phenoxy) is 3. The van der Waals surface area contributed by atoms with Gasteiger partial charge in [0.2, 0.25) is 23.9 Å². The van der Waals surface area contributed by atoms with Crippen molar-refractivity contribution in [3.8, 4) is 0 Å². The van der Waals surface area contributed by atoms with Crippen LogP contribution in [0.2, 0.25) is 0 Å². The van der Waals surface area contributed by atoms with Crippen LogP contribution in [0.4, 0.5) is 0 Å². The summed E-state index contributed by atoms with van der Waals surface area (Å²) in [5.74, 6) is -2.91. The molecule has 13 heteroatoms. The highest BCUT2D eigenvalue weighted by Gasteiger charge is 2.69. The topological polar surface area (TPSA) is 175 Å². The number of carbonyl (C=O) groups excluding carboxylic acids is 3. The van der Waals surface area contributed by atoms with Crippen molar-refractivity contribution >= 4 is 34.7 Å². The summed E-state index contributed by atoms with van der Waals surface area (Å²) in [6.07, 6.45) is 3.94. The molecular weight excluding hydrogens is 610 g/mol. The number of esters is 1. The lowest BCUT2D eigenvalue weighted by Crippen LogP contribution is -2.70. The van der Waals surface area contributed by atoms with Crippen LogP contribution < -0.4 is 10.6 Å². The molecule has 256 valence electrons. The van der Waals surface area contributed by atoms with Gasteiger partial charge in [0.25, 0.3) is 0 Å². The molecule has 2 bridgehead atoms. The molecular formula is C34H45N3O10. The first kappa shape index (κ1) is 33.4. The maximum absolute atomic E-state index is 12.8. The number of benzene rings is 1. The van der Waals surface area contributed by atoms with Crippen molar-refractivity contribution in [3.05, 3.63) is 36.0 Å². The minimum atomic E-state index is -1.13.